The summed E-state index contributed by atoms with van der Waals surface area (Å²) < 4.78 is 22.4. The summed E-state index contributed by atoms with van der Waals surface area (Å²) in [4.78, 5) is 4.95. The topological polar surface area (TPSA) is 78.2 Å². The van der Waals surface area contributed by atoms with Crippen LogP contribution in [0.15, 0.2) is 53.7 Å². The lowest BCUT2D eigenvalue weighted by atomic mass is 10.2. The number of oxime groups is 1. The monoisotopic (exact) mass is 440 g/mol. The molecule has 1 fully saturated rings. The van der Waals surface area contributed by atoms with Crippen molar-refractivity contribution in [3.05, 3.63) is 59.7 Å². The number of hydrogen-bond acceptors (Lipinski definition) is 5. The van der Waals surface area contributed by atoms with Gasteiger partial charge in [0.05, 0.1) is 30.1 Å². The summed E-state index contributed by atoms with van der Waals surface area (Å²) in [7, 11) is 0. The van der Waals surface area contributed by atoms with Crippen molar-refractivity contribution in [3.8, 4) is 11.8 Å². The van der Waals surface area contributed by atoms with Crippen molar-refractivity contribution in [1.29, 1.82) is 5.26 Å². The molecule has 0 spiro atoms. The highest BCUT2D eigenvalue weighted by atomic mass is 32.2. The highest BCUT2D eigenvalue weighted by Gasteiger charge is 2.28. The maximum atomic E-state index is 12.7. The fraction of sp³-hybridized carbons (Fsp3) is 0.391. The molecule has 0 bridgehead atoms. The van der Waals surface area contributed by atoms with Crippen LogP contribution < -0.4 is 9.04 Å². The van der Waals surface area contributed by atoms with Crippen LogP contribution in [0, 0.1) is 11.3 Å². The number of nitrogens with zero attached hydrogens (tertiary/aromatic N) is 4. The Labute approximate surface area is 186 Å². The molecule has 3 rings (SSSR count). The number of unbranched alkanes of at least 4 members (excludes halogenated alkanes) is 2. The van der Waals surface area contributed by atoms with Crippen molar-refractivity contribution < 1.29 is 13.8 Å². The molecule has 8 heteroatoms. The van der Waals surface area contributed by atoms with E-state index in [0.717, 1.165) is 55.9 Å². The fourth-order valence-electron chi connectivity index (χ4n) is 3.19. The first-order valence-electron chi connectivity index (χ1n) is 10.5. The van der Waals surface area contributed by atoms with E-state index < -0.39 is 11.2 Å². The van der Waals surface area contributed by atoms with Gasteiger partial charge in [-0.2, -0.15) is 5.26 Å². The van der Waals surface area contributed by atoms with Gasteiger partial charge in [0, 0.05) is 19.6 Å². The van der Waals surface area contributed by atoms with Gasteiger partial charge in [0.25, 0.3) is 0 Å². The van der Waals surface area contributed by atoms with Crippen molar-refractivity contribution in [2.45, 2.75) is 26.2 Å². The quantitative estimate of drug-likeness (QED) is 0.302. The highest BCUT2D eigenvalue weighted by molar-refractivity contribution is 7.84. The number of ether oxygens (including phenoxy) is 1. The van der Waals surface area contributed by atoms with Gasteiger partial charge < -0.3 is 9.57 Å². The minimum Gasteiger partial charge on any atom is -0.494 e. The fourth-order valence-corrected chi connectivity index (χ4v) is 4.53. The molecular weight excluding hydrogens is 412 g/mol. The lowest BCUT2D eigenvalue weighted by Crippen LogP contribution is -2.27. The molecule has 0 radical (unpaired) electrons. The first kappa shape index (κ1) is 22.8. The Balaban J connectivity index is 1.32. The Bertz CT molecular complexity index is 910. The molecule has 0 aromatic heterocycles. The molecule has 1 heterocycles. The van der Waals surface area contributed by atoms with Crippen molar-refractivity contribution in [2.75, 3.05) is 37.2 Å². The van der Waals surface area contributed by atoms with E-state index in [2.05, 4.69) is 11.2 Å². The van der Waals surface area contributed by atoms with E-state index in [1.54, 1.807) is 18.3 Å². The largest absolute Gasteiger partial charge is 0.494 e. The summed E-state index contributed by atoms with van der Waals surface area (Å²) in [5, 5.41) is 12.8. The van der Waals surface area contributed by atoms with Gasteiger partial charge in [-0.05, 0) is 80.3 Å². The van der Waals surface area contributed by atoms with Gasteiger partial charge in [-0.1, -0.05) is 5.16 Å². The average molecular weight is 441 g/mol. The third-order valence-corrected chi connectivity index (χ3v) is 6.43. The summed E-state index contributed by atoms with van der Waals surface area (Å²) in [6.07, 6.45) is 4.62. The summed E-state index contributed by atoms with van der Waals surface area (Å²) in [6.45, 7) is 5.42. The zero-order valence-electron chi connectivity index (χ0n) is 17.8. The second-order valence-corrected chi connectivity index (χ2v) is 8.47. The van der Waals surface area contributed by atoms with Crippen LogP contribution in [0.25, 0.3) is 0 Å². The van der Waals surface area contributed by atoms with Crippen molar-refractivity contribution in [1.82, 2.24) is 4.31 Å². The molecule has 1 aliphatic heterocycles. The smallest absolute Gasteiger partial charge is 0.199 e. The lowest BCUT2D eigenvalue weighted by Gasteiger charge is -2.18. The maximum absolute atomic E-state index is 12.7. The van der Waals surface area contributed by atoms with Gasteiger partial charge >= 0.3 is 0 Å². The number of hydrogen-bond donors (Lipinski definition) is 0. The van der Waals surface area contributed by atoms with Crippen LogP contribution in [0.1, 0.15) is 37.3 Å². The number of benzene rings is 2. The molecule has 2 aromatic carbocycles. The highest BCUT2D eigenvalue weighted by Crippen LogP contribution is 2.23. The van der Waals surface area contributed by atoms with Crippen LogP contribution in [0.2, 0.25) is 0 Å². The van der Waals surface area contributed by atoms with Crippen LogP contribution in [0.3, 0.4) is 0 Å². The molecule has 0 N–H and O–H groups in total. The number of nitriles is 1. The normalized spacial score (nSPS) is 16.5. The molecular formula is C23H28N4O3S. The lowest BCUT2D eigenvalue weighted by molar-refractivity contribution is 0.160. The molecule has 31 heavy (non-hydrogen) atoms. The summed E-state index contributed by atoms with van der Waals surface area (Å²) in [5.41, 5.74) is 2.47. The van der Waals surface area contributed by atoms with Crippen molar-refractivity contribution in [3.63, 3.8) is 0 Å². The van der Waals surface area contributed by atoms with Gasteiger partial charge in [-0.25, -0.2) is 8.51 Å². The van der Waals surface area contributed by atoms with Gasteiger partial charge in [0.15, 0.2) is 11.2 Å². The standard InChI is InChI=1S/C23H28N4O3S/c1-2-30-25-19-21-8-12-23(13-9-21)29-17-5-3-4-14-26-15-16-27(31(26)28)22-10-6-20(18-24)7-11-22/h6-13,19H,2-5,14-17H2,1H3/b25-19+. The predicted molar refractivity (Wildman–Crippen MR) is 123 cm³/mol. The van der Waals surface area contributed by atoms with Crippen LogP contribution in [-0.2, 0) is 16.0 Å². The second kappa shape index (κ2) is 12.1. The van der Waals surface area contributed by atoms with E-state index in [1.807, 2.05) is 51.9 Å². The number of rotatable bonds is 11. The van der Waals surface area contributed by atoms with Gasteiger partial charge in [-0.3, -0.25) is 4.31 Å². The Morgan fingerprint density at radius 2 is 1.87 bits per heavy atom. The molecule has 0 saturated carbocycles. The minimum atomic E-state index is -1.17. The maximum Gasteiger partial charge on any atom is 0.199 e. The van der Waals surface area contributed by atoms with E-state index in [0.29, 0.717) is 18.8 Å². The van der Waals surface area contributed by atoms with Crippen LogP contribution in [0.4, 0.5) is 5.69 Å². The van der Waals surface area contributed by atoms with Gasteiger partial charge in [-0.15, -0.1) is 0 Å². The van der Waals surface area contributed by atoms with Crippen LogP contribution in [-0.4, -0.2) is 47.6 Å². The van der Waals surface area contributed by atoms with Gasteiger partial charge in [0.2, 0.25) is 0 Å². The minimum absolute atomic E-state index is 0.556. The van der Waals surface area contributed by atoms with Crippen LogP contribution in [0.5, 0.6) is 5.75 Å². The molecule has 2 aromatic rings. The SMILES string of the molecule is CCO/N=C/c1ccc(OCCCCCN2CCN(c3ccc(C#N)cc3)S2=O)cc1. The molecule has 0 aliphatic carbocycles. The van der Waals surface area contributed by atoms with E-state index in [4.69, 9.17) is 14.8 Å². The zero-order chi connectivity index (χ0) is 21.9. The first-order valence-corrected chi connectivity index (χ1v) is 11.6. The summed E-state index contributed by atoms with van der Waals surface area (Å²) in [5.74, 6) is 0.840. The average Bonchev–Trinajstić information content (AvgIpc) is 3.17. The zero-order valence-corrected chi connectivity index (χ0v) is 18.6. The predicted octanol–water partition coefficient (Wildman–Crippen LogP) is 3.88. The second-order valence-electron chi connectivity index (χ2n) is 7.05. The molecule has 1 unspecified atom stereocenters. The molecule has 7 nitrogen and oxygen atoms in total. The third kappa shape index (κ3) is 6.81. The van der Waals surface area contributed by atoms with E-state index in [1.165, 1.54) is 0 Å². The molecule has 1 saturated heterocycles. The van der Waals surface area contributed by atoms with E-state index in [-0.39, 0.29) is 0 Å². The Kier molecular flexibility index (Phi) is 8.88. The molecule has 1 aliphatic rings. The van der Waals surface area contributed by atoms with E-state index >= 15 is 0 Å². The van der Waals surface area contributed by atoms with Gasteiger partial charge in [0.1, 0.15) is 12.4 Å². The van der Waals surface area contributed by atoms with Crippen molar-refractivity contribution in [2.24, 2.45) is 5.16 Å². The third-order valence-electron chi connectivity index (χ3n) is 4.85. The van der Waals surface area contributed by atoms with E-state index in [9.17, 15) is 4.21 Å². The molecule has 0 amide bonds. The molecule has 1 atom stereocenters. The summed E-state index contributed by atoms with van der Waals surface area (Å²) >= 11 is -1.17. The Morgan fingerprint density at radius 3 is 2.58 bits per heavy atom. The Morgan fingerprint density at radius 1 is 1.10 bits per heavy atom. The number of anilines is 1. The Hall–Kier alpha value is -2.89. The summed E-state index contributed by atoms with van der Waals surface area (Å²) in [6, 6.07) is 17.1. The van der Waals surface area contributed by atoms with Crippen LogP contribution >= 0.6 is 0 Å². The first-order chi connectivity index (χ1) is 15.2. The molecule has 164 valence electrons. The van der Waals surface area contributed by atoms with Crippen molar-refractivity contribution >= 4 is 23.1 Å².